The third kappa shape index (κ3) is 2.54. The molecule has 0 saturated carbocycles. The van der Waals surface area contributed by atoms with E-state index >= 15 is 0 Å². The molecule has 3 nitrogen and oxygen atoms in total. The minimum Gasteiger partial charge on any atom is -0.333 e. The first-order valence-corrected chi connectivity index (χ1v) is 7.86. The van der Waals surface area contributed by atoms with Crippen molar-refractivity contribution in [2.75, 3.05) is 4.90 Å². The molecule has 4 rings (SSSR count). The van der Waals surface area contributed by atoms with Crippen molar-refractivity contribution in [2.24, 2.45) is 0 Å². The fraction of sp³-hybridized carbons (Fsp3) is 0.0500. The molecule has 0 aromatic heterocycles. The summed E-state index contributed by atoms with van der Waals surface area (Å²) in [5.41, 5.74) is 2.82. The van der Waals surface area contributed by atoms with Gasteiger partial charge in [-0.25, -0.2) is 13.6 Å². The lowest BCUT2D eigenvalue weighted by molar-refractivity contribution is 0.246. The lowest BCUT2D eigenvalue weighted by Crippen LogP contribution is -2.42. The first kappa shape index (κ1) is 15.3. The summed E-state index contributed by atoms with van der Waals surface area (Å²) in [4.78, 5) is 13.5. The van der Waals surface area contributed by atoms with E-state index in [1.807, 2.05) is 36.4 Å². The Balaban J connectivity index is 1.93. The van der Waals surface area contributed by atoms with Crippen LogP contribution in [-0.2, 0) is 6.54 Å². The average Bonchev–Trinajstić information content (AvgIpc) is 2.63. The third-order valence-electron chi connectivity index (χ3n) is 4.26. The van der Waals surface area contributed by atoms with Crippen LogP contribution in [0, 0.1) is 11.6 Å². The second-order valence-electron chi connectivity index (χ2n) is 5.73. The topological polar surface area (TPSA) is 32.3 Å². The van der Waals surface area contributed by atoms with Crippen LogP contribution in [0.2, 0.25) is 0 Å². The maximum absolute atomic E-state index is 14.3. The molecule has 0 fully saturated rings. The van der Waals surface area contributed by atoms with Gasteiger partial charge in [-0.05, 0) is 29.3 Å². The Labute approximate surface area is 143 Å². The Kier molecular flexibility index (Phi) is 3.69. The van der Waals surface area contributed by atoms with Gasteiger partial charge in [0.15, 0.2) is 0 Å². The quantitative estimate of drug-likeness (QED) is 0.702. The first-order valence-electron chi connectivity index (χ1n) is 7.86. The number of benzene rings is 3. The first-order chi connectivity index (χ1) is 12.2. The molecule has 2 amide bonds. The van der Waals surface area contributed by atoms with E-state index in [9.17, 15) is 13.6 Å². The van der Waals surface area contributed by atoms with Crippen LogP contribution in [0.15, 0.2) is 66.7 Å². The lowest BCUT2D eigenvalue weighted by atomic mass is 9.96. The van der Waals surface area contributed by atoms with Gasteiger partial charge < -0.3 is 5.32 Å². The fourth-order valence-corrected chi connectivity index (χ4v) is 3.14. The fourth-order valence-electron chi connectivity index (χ4n) is 3.14. The molecule has 0 bridgehead atoms. The number of carbonyl (C=O) groups is 1. The Hall–Kier alpha value is -3.21. The number of urea groups is 1. The minimum absolute atomic E-state index is 0.297. The smallest absolute Gasteiger partial charge is 0.326 e. The Bertz CT molecular complexity index is 937. The molecule has 0 spiro atoms. The van der Waals surface area contributed by atoms with E-state index in [2.05, 4.69) is 5.32 Å². The molecule has 124 valence electrons. The van der Waals surface area contributed by atoms with Gasteiger partial charge in [-0.3, -0.25) is 4.90 Å². The van der Waals surface area contributed by atoms with Gasteiger partial charge in [0.2, 0.25) is 0 Å². The molecule has 25 heavy (non-hydrogen) atoms. The van der Waals surface area contributed by atoms with Gasteiger partial charge in [0, 0.05) is 12.1 Å². The molecule has 1 N–H and O–H groups in total. The molecule has 0 radical (unpaired) electrons. The molecule has 0 aliphatic carbocycles. The number of nitrogens with zero attached hydrogens (tertiary/aromatic N) is 1. The van der Waals surface area contributed by atoms with E-state index < -0.39 is 17.7 Å². The van der Waals surface area contributed by atoms with E-state index in [-0.39, 0.29) is 5.69 Å². The zero-order valence-electron chi connectivity index (χ0n) is 13.2. The zero-order valence-corrected chi connectivity index (χ0v) is 13.2. The Morgan fingerprint density at radius 2 is 1.52 bits per heavy atom. The van der Waals surface area contributed by atoms with Crippen molar-refractivity contribution >= 4 is 17.4 Å². The normalized spacial score (nSPS) is 13.4. The van der Waals surface area contributed by atoms with Crippen molar-refractivity contribution in [3.8, 4) is 11.1 Å². The van der Waals surface area contributed by atoms with Crippen molar-refractivity contribution < 1.29 is 13.6 Å². The molecule has 3 aromatic carbocycles. The van der Waals surface area contributed by atoms with Crippen molar-refractivity contribution in [1.82, 2.24) is 5.32 Å². The van der Waals surface area contributed by atoms with Gasteiger partial charge >= 0.3 is 6.03 Å². The van der Waals surface area contributed by atoms with Gasteiger partial charge in [0.25, 0.3) is 0 Å². The van der Waals surface area contributed by atoms with E-state index in [0.717, 1.165) is 33.7 Å². The highest BCUT2D eigenvalue weighted by Gasteiger charge is 2.31. The monoisotopic (exact) mass is 336 g/mol. The summed E-state index contributed by atoms with van der Waals surface area (Å²) in [5, 5.41) is 2.71. The van der Waals surface area contributed by atoms with Crippen LogP contribution in [0.25, 0.3) is 11.1 Å². The predicted molar refractivity (Wildman–Crippen MR) is 92.6 cm³/mol. The van der Waals surface area contributed by atoms with Crippen LogP contribution < -0.4 is 10.2 Å². The van der Waals surface area contributed by atoms with Gasteiger partial charge in [0.1, 0.15) is 17.3 Å². The molecular weight excluding hydrogens is 322 g/mol. The number of halogens is 2. The highest BCUT2D eigenvalue weighted by atomic mass is 19.1. The van der Waals surface area contributed by atoms with E-state index in [1.165, 1.54) is 6.07 Å². The second-order valence-corrected chi connectivity index (χ2v) is 5.73. The Morgan fingerprint density at radius 1 is 0.840 bits per heavy atom. The van der Waals surface area contributed by atoms with Crippen LogP contribution >= 0.6 is 0 Å². The van der Waals surface area contributed by atoms with Crippen LogP contribution in [0.4, 0.5) is 25.0 Å². The van der Waals surface area contributed by atoms with Crippen molar-refractivity contribution in [1.29, 1.82) is 0 Å². The molecule has 1 heterocycles. The maximum atomic E-state index is 14.3. The summed E-state index contributed by atoms with van der Waals surface area (Å²) in [6.45, 7) is 0.297. The number of hydrogen-bond donors (Lipinski definition) is 1. The second kappa shape index (κ2) is 6.02. The number of carbonyl (C=O) groups excluding carboxylic acids is 1. The van der Waals surface area contributed by atoms with Crippen molar-refractivity contribution in [3.05, 3.63) is 83.9 Å². The molecule has 0 atom stereocenters. The molecule has 1 aliphatic rings. The van der Waals surface area contributed by atoms with Crippen LogP contribution in [0.1, 0.15) is 5.56 Å². The molecule has 5 heteroatoms. The number of nitrogens with one attached hydrogen (secondary N) is 1. The summed E-state index contributed by atoms with van der Waals surface area (Å²) in [6.07, 6.45) is 0. The molecular formula is C20H14F2N2O. The van der Waals surface area contributed by atoms with Crippen molar-refractivity contribution in [3.63, 3.8) is 0 Å². The molecule has 0 unspecified atom stereocenters. The number of anilines is 2. The van der Waals surface area contributed by atoms with E-state index in [4.69, 9.17) is 0 Å². The SMILES string of the molecule is O=C1NCc2c(-c3ccccc3)cccc2N1c1c(F)cccc1F. The zero-order chi connectivity index (χ0) is 17.4. The minimum atomic E-state index is -0.784. The van der Waals surface area contributed by atoms with Crippen LogP contribution in [-0.4, -0.2) is 6.03 Å². The lowest BCUT2D eigenvalue weighted by Gasteiger charge is -2.31. The summed E-state index contributed by atoms with van der Waals surface area (Å²) in [7, 11) is 0. The van der Waals surface area contributed by atoms with Gasteiger partial charge in [0.05, 0.1) is 5.69 Å². The third-order valence-corrected chi connectivity index (χ3v) is 4.26. The van der Waals surface area contributed by atoms with Crippen LogP contribution in [0.3, 0.4) is 0 Å². The summed E-state index contributed by atoms with van der Waals surface area (Å²) >= 11 is 0. The number of fused-ring (bicyclic) bond motifs is 1. The summed E-state index contributed by atoms with van der Waals surface area (Å²) < 4.78 is 28.5. The predicted octanol–water partition coefficient (Wildman–Crippen LogP) is 4.99. The number of rotatable bonds is 2. The van der Waals surface area contributed by atoms with E-state index in [1.54, 1.807) is 12.1 Å². The number of hydrogen-bond acceptors (Lipinski definition) is 1. The maximum Gasteiger partial charge on any atom is 0.326 e. The van der Waals surface area contributed by atoms with Gasteiger partial charge in [-0.15, -0.1) is 0 Å². The molecule has 0 saturated heterocycles. The van der Waals surface area contributed by atoms with Crippen molar-refractivity contribution in [2.45, 2.75) is 6.54 Å². The number of para-hydroxylation sites is 1. The number of amides is 2. The Morgan fingerprint density at radius 3 is 2.24 bits per heavy atom. The van der Waals surface area contributed by atoms with E-state index in [0.29, 0.717) is 12.2 Å². The standard InChI is InChI=1S/C20H14F2N2O/c21-16-9-5-10-17(22)19(16)24-18-11-4-8-14(13-6-2-1-3-7-13)15(18)12-23-20(24)25/h1-11H,12H2,(H,23,25). The largest absolute Gasteiger partial charge is 0.333 e. The van der Waals surface area contributed by atoms with Gasteiger partial charge in [-0.1, -0.05) is 48.5 Å². The van der Waals surface area contributed by atoms with Gasteiger partial charge in [-0.2, -0.15) is 0 Å². The highest BCUT2D eigenvalue weighted by Crippen LogP contribution is 2.39. The average molecular weight is 336 g/mol. The summed E-state index contributed by atoms with van der Waals surface area (Å²) in [6, 6.07) is 18.1. The van der Waals surface area contributed by atoms with Crippen LogP contribution in [0.5, 0.6) is 0 Å². The molecule has 1 aliphatic heterocycles. The summed E-state index contributed by atoms with van der Waals surface area (Å²) in [5.74, 6) is -1.57. The highest BCUT2D eigenvalue weighted by molar-refractivity contribution is 6.03. The molecule has 3 aromatic rings.